The second-order valence-corrected chi connectivity index (χ2v) is 6.58. The first-order valence-electron chi connectivity index (χ1n) is 8.48. The van der Waals surface area contributed by atoms with Crippen molar-refractivity contribution in [3.05, 3.63) is 0 Å². The molecule has 1 amide bonds. The molecule has 7 N–H and O–H groups in total. The number of rotatable bonds is 9. The average molecular weight is 419 g/mol. The van der Waals surface area contributed by atoms with E-state index in [0.717, 1.165) is 0 Å². The van der Waals surface area contributed by atoms with Crippen molar-refractivity contribution in [3.63, 3.8) is 0 Å². The molecule has 11 heteroatoms. The summed E-state index contributed by atoms with van der Waals surface area (Å²) >= 11 is 4.86. The second kappa shape index (κ2) is 21.1. The lowest BCUT2D eigenvalue weighted by atomic mass is 10.2. The van der Waals surface area contributed by atoms with E-state index < -0.39 is 23.6 Å². The number of ether oxygens (including phenoxy) is 2. The standard InChI is InChI=1S/C8H17NO4.C5H9ClO2.C3H9NO2/c1-6(2)5-13-8(12)9-7(3-10)4-11;1-4(2)3-8-5(6)7;4-3(1-5)2-6/h6-7,10-11H,3-5H2,1-2H3,(H,9,12);4H,3H2,1-2H3;3,5-6H,1-2,4H2. The van der Waals surface area contributed by atoms with Crippen LogP contribution in [0, 0.1) is 11.8 Å². The molecule has 0 heterocycles. The van der Waals surface area contributed by atoms with Gasteiger partial charge in [0.2, 0.25) is 0 Å². The van der Waals surface area contributed by atoms with E-state index in [4.69, 9.17) is 42.5 Å². The van der Waals surface area contributed by atoms with Gasteiger partial charge in [-0.3, -0.25) is 0 Å². The van der Waals surface area contributed by atoms with Crippen LogP contribution in [-0.4, -0.2) is 83.7 Å². The van der Waals surface area contributed by atoms with E-state index in [0.29, 0.717) is 19.1 Å². The topological polar surface area (TPSA) is 172 Å². The van der Waals surface area contributed by atoms with Gasteiger partial charge < -0.3 is 41.0 Å². The quantitative estimate of drug-likeness (QED) is 0.282. The fourth-order valence-electron chi connectivity index (χ4n) is 0.890. The third-order valence-corrected chi connectivity index (χ3v) is 2.42. The van der Waals surface area contributed by atoms with Gasteiger partial charge in [0.15, 0.2) is 0 Å². The Labute approximate surface area is 165 Å². The second-order valence-electron chi connectivity index (χ2n) is 6.27. The number of alkyl carbamates (subject to hydrolysis) is 1. The van der Waals surface area contributed by atoms with Gasteiger partial charge in [-0.05, 0) is 11.8 Å². The van der Waals surface area contributed by atoms with Crippen LogP contribution in [0.5, 0.6) is 0 Å². The molecule has 0 fully saturated rings. The van der Waals surface area contributed by atoms with Gasteiger partial charge >= 0.3 is 11.5 Å². The fourth-order valence-corrected chi connectivity index (χ4v) is 0.953. The van der Waals surface area contributed by atoms with Gasteiger partial charge in [0.05, 0.1) is 51.7 Å². The van der Waals surface area contributed by atoms with Crippen LogP contribution < -0.4 is 11.1 Å². The van der Waals surface area contributed by atoms with Gasteiger partial charge in [0.25, 0.3) is 0 Å². The molecule has 0 aliphatic heterocycles. The number of nitrogens with two attached hydrogens (primary N) is 1. The predicted molar refractivity (Wildman–Crippen MR) is 101 cm³/mol. The van der Waals surface area contributed by atoms with Crippen LogP contribution >= 0.6 is 11.6 Å². The first kappa shape index (κ1) is 30.6. The summed E-state index contributed by atoms with van der Waals surface area (Å²) in [6, 6.07) is -1.09. The van der Waals surface area contributed by atoms with Gasteiger partial charge in [-0.15, -0.1) is 0 Å². The van der Waals surface area contributed by atoms with Crippen molar-refractivity contribution in [2.24, 2.45) is 17.6 Å². The molecule has 0 aliphatic carbocycles. The summed E-state index contributed by atoms with van der Waals surface area (Å²) in [5, 5.41) is 35.7. The molecule has 0 unspecified atom stereocenters. The summed E-state index contributed by atoms with van der Waals surface area (Å²) in [7, 11) is 0. The number of carbonyl (C=O) groups is 2. The molecule has 0 aromatic carbocycles. The number of halogens is 1. The Bertz CT molecular complexity index is 351. The number of aliphatic hydroxyl groups is 4. The van der Waals surface area contributed by atoms with E-state index in [1.54, 1.807) is 0 Å². The molecule has 0 saturated heterocycles. The van der Waals surface area contributed by atoms with Gasteiger partial charge in [0, 0.05) is 11.6 Å². The van der Waals surface area contributed by atoms with E-state index in [1.165, 1.54) is 0 Å². The van der Waals surface area contributed by atoms with Crippen molar-refractivity contribution < 1.29 is 39.5 Å². The molecule has 0 saturated carbocycles. The Morgan fingerprint density at radius 2 is 1.30 bits per heavy atom. The highest BCUT2D eigenvalue weighted by Crippen LogP contribution is 1.95. The van der Waals surface area contributed by atoms with Crippen LogP contribution in [-0.2, 0) is 9.47 Å². The molecule has 0 radical (unpaired) electrons. The molecule has 0 aromatic rings. The number of amides is 1. The lowest BCUT2D eigenvalue weighted by Crippen LogP contribution is -2.40. The van der Waals surface area contributed by atoms with Gasteiger partial charge in [-0.25, -0.2) is 9.59 Å². The highest BCUT2D eigenvalue weighted by Gasteiger charge is 2.10. The monoisotopic (exact) mass is 418 g/mol. The van der Waals surface area contributed by atoms with Crippen LogP contribution in [0.3, 0.4) is 0 Å². The highest BCUT2D eigenvalue weighted by molar-refractivity contribution is 6.61. The molecule has 10 nitrogen and oxygen atoms in total. The zero-order chi connectivity index (χ0) is 21.8. The van der Waals surface area contributed by atoms with Gasteiger partial charge in [-0.1, -0.05) is 27.7 Å². The van der Waals surface area contributed by atoms with E-state index in [9.17, 15) is 9.59 Å². The van der Waals surface area contributed by atoms with Crippen molar-refractivity contribution in [3.8, 4) is 0 Å². The predicted octanol–water partition coefficient (Wildman–Crippen LogP) is 0.0379. The Kier molecular flexibility index (Phi) is 23.9. The summed E-state index contributed by atoms with van der Waals surface area (Å²) in [6.45, 7) is 7.58. The Hall–Kier alpha value is -1.17. The molecule has 0 bridgehead atoms. The first-order valence-corrected chi connectivity index (χ1v) is 8.86. The summed E-state index contributed by atoms with van der Waals surface area (Å²) < 4.78 is 9.20. The van der Waals surface area contributed by atoms with Crippen molar-refractivity contribution in [2.45, 2.75) is 39.8 Å². The number of carbonyl (C=O) groups excluding carboxylic acids is 2. The Balaban J connectivity index is -0.000000351. The van der Waals surface area contributed by atoms with Crippen molar-refractivity contribution in [1.82, 2.24) is 5.32 Å². The van der Waals surface area contributed by atoms with E-state index >= 15 is 0 Å². The van der Waals surface area contributed by atoms with Crippen LogP contribution in [0.15, 0.2) is 0 Å². The minimum Gasteiger partial charge on any atom is -0.453 e. The molecule has 0 rings (SSSR count). The fraction of sp³-hybridized carbons (Fsp3) is 0.875. The molecule has 0 aromatic heterocycles. The SMILES string of the molecule is CC(C)COC(=O)Cl.CC(C)COC(=O)NC(CO)CO.NC(CO)CO. The summed E-state index contributed by atoms with van der Waals surface area (Å²) in [5.74, 6) is 0.630. The summed E-state index contributed by atoms with van der Waals surface area (Å²) in [5.41, 5.74) is 4.25. The maximum Gasteiger partial charge on any atom is 0.407 e. The molecule has 0 spiro atoms. The van der Waals surface area contributed by atoms with Gasteiger partial charge in [-0.2, -0.15) is 0 Å². The van der Waals surface area contributed by atoms with Crippen molar-refractivity contribution >= 4 is 23.1 Å². The minimum atomic E-state index is -0.723. The van der Waals surface area contributed by atoms with Gasteiger partial charge in [0.1, 0.15) is 0 Å². The molecular formula is C16H35ClN2O8. The maximum atomic E-state index is 10.9. The highest BCUT2D eigenvalue weighted by atomic mass is 35.5. The zero-order valence-electron chi connectivity index (χ0n) is 16.4. The first-order chi connectivity index (χ1) is 12.5. The summed E-state index contributed by atoms with van der Waals surface area (Å²) in [4.78, 5) is 20.8. The largest absolute Gasteiger partial charge is 0.453 e. The number of hydrogen-bond donors (Lipinski definition) is 6. The van der Waals surface area contributed by atoms with Crippen LogP contribution in [0.4, 0.5) is 9.59 Å². The third kappa shape index (κ3) is 29.8. The van der Waals surface area contributed by atoms with E-state index in [-0.39, 0.29) is 32.3 Å². The maximum absolute atomic E-state index is 10.9. The lowest BCUT2D eigenvalue weighted by Gasteiger charge is -2.14. The number of nitrogens with one attached hydrogen (secondary N) is 1. The number of hydrogen-bond acceptors (Lipinski definition) is 9. The van der Waals surface area contributed by atoms with E-state index in [1.807, 2.05) is 27.7 Å². The van der Waals surface area contributed by atoms with E-state index in [2.05, 4.69) is 10.1 Å². The smallest absolute Gasteiger partial charge is 0.407 e. The molecule has 0 atom stereocenters. The van der Waals surface area contributed by atoms with Crippen LogP contribution in [0.2, 0.25) is 0 Å². The Morgan fingerprint density at radius 1 is 0.889 bits per heavy atom. The average Bonchev–Trinajstić information content (AvgIpc) is 2.62. The minimum absolute atomic E-state index is 0.142. The van der Waals surface area contributed by atoms with Crippen molar-refractivity contribution in [2.75, 3.05) is 39.6 Å². The lowest BCUT2D eigenvalue weighted by molar-refractivity contribution is 0.112. The molecule has 164 valence electrons. The third-order valence-electron chi connectivity index (χ3n) is 2.31. The molecule has 27 heavy (non-hydrogen) atoms. The summed E-state index contributed by atoms with van der Waals surface area (Å²) in [6.07, 6.45) is -0.609. The van der Waals surface area contributed by atoms with Crippen LogP contribution in [0.25, 0.3) is 0 Å². The molecular weight excluding hydrogens is 384 g/mol. The zero-order valence-corrected chi connectivity index (χ0v) is 17.2. The Morgan fingerprint density at radius 3 is 1.52 bits per heavy atom. The van der Waals surface area contributed by atoms with Crippen molar-refractivity contribution in [1.29, 1.82) is 0 Å². The number of aliphatic hydroxyl groups excluding tert-OH is 4. The normalized spacial score (nSPS) is 10.1. The molecule has 0 aliphatic rings. The van der Waals surface area contributed by atoms with Crippen LogP contribution in [0.1, 0.15) is 27.7 Å².